The Kier molecular flexibility index (Phi) is 5.66. The first-order valence-electron chi connectivity index (χ1n) is 7.65. The normalized spacial score (nSPS) is 26.9. The minimum Gasteiger partial charge on any atom is -0.418 e. The number of fused-ring (bicyclic) bond motifs is 3. The second-order valence-corrected chi connectivity index (χ2v) is 5.59. The molecule has 0 amide bonds. The van der Waals surface area contributed by atoms with Gasteiger partial charge in [-0.25, -0.2) is 4.57 Å². The molecule has 3 unspecified atom stereocenters. The van der Waals surface area contributed by atoms with Gasteiger partial charge in [0.25, 0.3) is 5.82 Å². The molecule has 3 heterocycles. The molecular weight excluding hydrogens is 299 g/mol. The Labute approximate surface area is 127 Å². The fourth-order valence-corrected chi connectivity index (χ4v) is 3.17. The highest BCUT2D eigenvalue weighted by Gasteiger charge is 2.43. The zero-order valence-corrected chi connectivity index (χ0v) is 12.5. The summed E-state index contributed by atoms with van der Waals surface area (Å²) in [6.07, 6.45) is 7.33. The number of hydrogen-bond acceptors (Lipinski definition) is 2. The summed E-state index contributed by atoms with van der Waals surface area (Å²) in [5, 5.41) is 3.68. The van der Waals surface area contributed by atoms with Gasteiger partial charge in [0.2, 0.25) is 6.23 Å². The number of halogens is 4. The van der Waals surface area contributed by atoms with Gasteiger partial charge < -0.3 is 22.0 Å². The zero-order valence-electron chi connectivity index (χ0n) is 12.5. The molecule has 2 aliphatic heterocycles. The quantitative estimate of drug-likeness (QED) is 0.509. The molecule has 0 saturated carbocycles. The smallest absolute Gasteiger partial charge is 0.418 e. The lowest BCUT2D eigenvalue weighted by Gasteiger charge is -2.38. The van der Waals surface area contributed by atoms with E-state index in [1.54, 1.807) is 0 Å². The van der Waals surface area contributed by atoms with Crippen LogP contribution in [0.3, 0.4) is 0 Å². The second kappa shape index (κ2) is 7.31. The molecule has 0 bridgehead atoms. The van der Waals surface area contributed by atoms with E-state index in [2.05, 4.69) is 41.2 Å². The van der Waals surface area contributed by atoms with E-state index in [0.717, 1.165) is 6.61 Å². The van der Waals surface area contributed by atoms with Gasteiger partial charge in [-0.05, 0) is 25.3 Å². The van der Waals surface area contributed by atoms with E-state index in [1.807, 2.05) is 0 Å². The zero-order chi connectivity index (χ0) is 16.2. The molecule has 0 aliphatic carbocycles. The van der Waals surface area contributed by atoms with E-state index >= 15 is 0 Å². The van der Waals surface area contributed by atoms with Crippen molar-refractivity contribution in [3.8, 4) is 0 Å². The topological polar surface area (TPSA) is 25.1 Å². The van der Waals surface area contributed by atoms with Crippen molar-refractivity contribution >= 4 is 13.1 Å². The molecule has 1 saturated heterocycles. The fraction of sp³-hybridized carbons (Fsp3) is 0.643. The number of hydrogen-bond donors (Lipinski definition) is 1. The van der Waals surface area contributed by atoms with Crippen molar-refractivity contribution in [3.63, 3.8) is 0 Å². The maximum absolute atomic E-state index is 9.75. The molecule has 0 radical (unpaired) electrons. The van der Waals surface area contributed by atoms with Crippen molar-refractivity contribution in [2.45, 2.75) is 44.9 Å². The molecule has 1 fully saturated rings. The highest BCUT2D eigenvalue weighted by atomic mass is 19.5. The van der Waals surface area contributed by atoms with Crippen molar-refractivity contribution in [1.29, 1.82) is 0 Å². The first-order chi connectivity index (χ1) is 10.4. The molecule has 0 aromatic carbocycles. The van der Waals surface area contributed by atoms with E-state index < -0.39 is 7.25 Å². The Hall–Kier alpha value is -1.31. The van der Waals surface area contributed by atoms with E-state index in [9.17, 15) is 17.3 Å². The molecule has 3 atom stereocenters. The summed E-state index contributed by atoms with van der Waals surface area (Å²) in [5.74, 6) is 1.83. The van der Waals surface area contributed by atoms with Gasteiger partial charge in [-0.15, -0.1) is 0 Å². The predicted molar refractivity (Wildman–Crippen MR) is 76.9 cm³/mol. The average molecular weight is 320 g/mol. The number of nitrogens with zero attached hydrogens (tertiary/aromatic N) is 1. The van der Waals surface area contributed by atoms with Crippen molar-refractivity contribution in [2.75, 3.05) is 11.9 Å². The molecule has 1 aromatic rings. The molecule has 1 aromatic heterocycles. The number of anilines is 1. The Morgan fingerprint density at radius 3 is 2.73 bits per heavy atom. The SMILES string of the molecule is CCCC1Nc2cccc[n+]2C2OCCCC12.F[B-](F)(F)F. The van der Waals surface area contributed by atoms with Crippen molar-refractivity contribution < 1.29 is 26.6 Å². The summed E-state index contributed by atoms with van der Waals surface area (Å²) in [7, 11) is -6.00. The third-order valence-corrected chi connectivity index (χ3v) is 3.95. The largest absolute Gasteiger partial charge is 0.673 e. The third-order valence-electron chi connectivity index (χ3n) is 3.95. The van der Waals surface area contributed by atoms with Crippen LogP contribution in [0.2, 0.25) is 0 Å². The van der Waals surface area contributed by atoms with Crippen LogP contribution in [0.15, 0.2) is 24.4 Å². The standard InChI is InChI=1S/C14H20N2O.BF4/c1-2-6-12-11-7-5-10-17-14(11)16-9-4-3-8-13(16)15-12;2-1(3,4)5/h3-4,8-9,11-12,14H,2,5-7,10H2,1H3;/q;-1/p+1. The molecule has 3 rings (SSSR count). The minimum atomic E-state index is -6.00. The summed E-state index contributed by atoms with van der Waals surface area (Å²) >= 11 is 0. The van der Waals surface area contributed by atoms with Crippen LogP contribution in [-0.4, -0.2) is 19.9 Å². The number of rotatable bonds is 2. The number of ether oxygens (including phenoxy) is 1. The Bertz CT molecular complexity index is 480. The molecule has 0 spiro atoms. The highest BCUT2D eigenvalue weighted by molar-refractivity contribution is 6.50. The van der Waals surface area contributed by atoms with Gasteiger partial charge in [-0.1, -0.05) is 19.4 Å². The summed E-state index contributed by atoms with van der Waals surface area (Å²) in [4.78, 5) is 0. The lowest BCUT2D eigenvalue weighted by Crippen LogP contribution is -2.57. The molecule has 8 heteroatoms. The van der Waals surface area contributed by atoms with Crippen molar-refractivity contribution in [3.05, 3.63) is 24.4 Å². The second-order valence-electron chi connectivity index (χ2n) is 5.59. The van der Waals surface area contributed by atoms with E-state index in [1.165, 1.54) is 31.5 Å². The molecule has 1 N–H and O–H groups in total. The van der Waals surface area contributed by atoms with Crippen LogP contribution in [0.5, 0.6) is 0 Å². The van der Waals surface area contributed by atoms with Crippen molar-refractivity contribution in [1.82, 2.24) is 0 Å². The fourth-order valence-electron chi connectivity index (χ4n) is 3.17. The monoisotopic (exact) mass is 320 g/mol. The highest BCUT2D eigenvalue weighted by Crippen LogP contribution is 2.35. The number of aromatic nitrogens is 1. The minimum absolute atomic E-state index is 0.248. The van der Waals surface area contributed by atoms with Gasteiger partial charge >= 0.3 is 7.25 Å². The average Bonchev–Trinajstić information content (AvgIpc) is 2.46. The van der Waals surface area contributed by atoms with Crippen LogP contribution in [0, 0.1) is 5.92 Å². The van der Waals surface area contributed by atoms with E-state index in [4.69, 9.17) is 4.74 Å². The molecule has 2 aliphatic rings. The Balaban J connectivity index is 0.000000309. The Morgan fingerprint density at radius 1 is 1.32 bits per heavy atom. The van der Waals surface area contributed by atoms with Crippen LogP contribution in [-0.2, 0) is 4.74 Å². The first kappa shape index (κ1) is 17.1. The number of pyridine rings is 1. The van der Waals surface area contributed by atoms with Gasteiger partial charge in [0, 0.05) is 6.07 Å². The molecular formula is C14H21BF4N2O. The lowest BCUT2D eigenvalue weighted by molar-refractivity contribution is -0.765. The summed E-state index contributed by atoms with van der Waals surface area (Å²) < 4.78 is 47.3. The van der Waals surface area contributed by atoms with Crippen LogP contribution in [0.1, 0.15) is 38.8 Å². The molecule has 3 nitrogen and oxygen atoms in total. The van der Waals surface area contributed by atoms with Crippen LogP contribution < -0.4 is 9.88 Å². The summed E-state index contributed by atoms with van der Waals surface area (Å²) in [5.41, 5.74) is 0. The van der Waals surface area contributed by atoms with Gasteiger partial charge in [-0.3, -0.25) is 5.32 Å². The van der Waals surface area contributed by atoms with Crippen LogP contribution >= 0.6 is 0 Å². The van der Waals surface area contributed by atoms with E-state index in [-0.39, 0.29) is 6.23 Å². The maximum atomic E-state index is 9.75. The maximum Gasteiger partial charge on any atom is 0.673 e. The molecule has 124 valence electrons. The van der Waals surface area contributed by atoms with E-state index in [0.29, 0.717) is 12.0 Å². The summed E-state index contributed by atoms with van der Waals surface area (Å²) in [6, 6.07) is 6.90. The number of nitrogens with one attached hydrogen (secondary N) is 1. The lowest BCUT2D eigenvalue weighted by atomic mass is 9.86. The first-order valence-corrected chi connectivity index (χ1v) is 7.65. The third kappa shape index (κ3) is 4.59. The van der Waals surface area contributed by atoms with Gasteiger partial charge in [0.05, 0.1) is 18.7 Å². The Morgan fingerprint density at radius 2 is 2.05 bits per heavy atom. The predicted octanol–water partition coefficient (Wildman–Crippen LogP) is 3.79. The van der Waals surface area contributed by atoms with Crippen LogP contribution in [0.25, 0.3) is 0 Å². The molecule has 22 heavy (non-hydrogen) atoms. The van der Waals surface area contributed by atoms with Crippen molar-refractivity contribution in [2.24, 2.45) is 5.92 Å². The van der Waals surface area contributed by atoms with Gasteiger partial charge in [0.15, 0.2) is 0 Å². The van der Waals surface area contributed by atoms with Gasteiger partial charge in [0.1, 0.15) is 6.04 Å². The summed E-state index contributed by atoms with van der Waals surface area (Å²) in [6.45, 7) is 3.16. The van der Waals surface area contributed by atoms with Gasteiger partial charge in [-0.2, -0.15) is 0 Å². The van der Waals surface area contributed by atoms with Crippen LogP contribution in [0.4, 0.5) is 23.1 Å².